The van der Waals surface area contributed by atoms with Crippen molar-refractivity contribution < 1.29 is 24.2 Å². The number of carboxylic acid groups (broad SMARTS) is 1. The predicted octanol–water partition coefficient (Wildman–Crippen LogP) is 2.03. The van der Waals surface area contributed by atoms with E-state index in [1.54, 1.807) is 18.2 Å². The molecule has 21 heavy (non-hydrogen) atoms. The van der Waals surface area contributed by atoms with Crippen molar-refractivity contribution in [1.82, 2.24) is 4.90 Å². The number of carbonyl (C=O) groups excluding carboxylic acids is 1. The van der Waals surface area contributed by atoms with Gasteiger partial charge in [-0.05, 0) is 31.5 Å². The smallest absolute Gasteiger partial charge is 0.323 e. The van der Waals surface area contributed by atoms with E-state index in [4.69, 9.17) is 14.6 Å². The number of hydrogen-bond donors (Lipinski definition) is 1. The Bertz CT molecular complexity index is 501. The molecule has 1 aromatic carbocycles. The average molecular weight is 295 g/mol. The van der Waals surface area contributed by atoms with Crippen molar-refractivity contribution in [3.8, 4) is 11.5 Å². The molecule has 0 radical (unpaired) electrons. The first kappa shape index (κ1) is 16.8. The van der Waals surface area contributed by atoms with Crippen molar-refractivity contribution in [1.29, 1.82) is 0 Å². The van der Waals surface area contributed by atoms with E-state index < -0.39 is 5.97 Å². The van der Waals surface area contributed by atoms with Crippen LogP contribution >= 0.6 is 0 Å². The summed E-state index contributed by atoms with van der Waals surface area (Å²) in [6.45, 7) is 4.50. The van der Waals surface area contributed by atoms with Crippen LogP contribution in [0.4, 0.5) is 0 Å². The van der Waals surface area contributed by atoms with Gasteiger partial charge < -0.3 is 19.5 Å². The third-order valence-electron chi connectivity index (χ3n) is 2.67. The minimum atomic E-state index is -1.06. The molecule has 6 heteroatoms. The summed E-state index contributed by atoms with van der Waals surface area (Å²) in [5.74, 6) is -0.365. The summed E-state index contributed by atoms with van der Waals surface area (Å²) in [5.41, 5.74) is 0.367. The van der Waals surface area contributed by atoms with Gasteiger partial charge in [-0.1, -0.05) is 6.92 Å². The Morgan fingerprint density at radius 3 is 2.48 bits per heavy atom. The molecule has 0 fully saturated rings. The summed E-state index contributed by atoms with van der Waals surface area (Å²) in [6, 6.07) is 4.85. The number of carboxylic acids is 1. The third-order valence-corrected chi connectivity index (χ3v) is 2.67. The quantitative estimate of drug-likeness (QED) is 0.794. The lowest BCUT2D eigenvalue weighted by atomic mass is 10.1. The van der Waals surface area contributed by atoms with E-state index in [9.17, 15) is 9.59 Å². The molecule has 0 unspecified atom stereocenters. The number of hydrogen-bond acceptors (Lipinski definition) is 4. The molecule has 0 bridgehead atoms. The molecule has 6 nitrogen and oxygen atoms in total. The van der Waals surface area contributed by atoms with Crippen LogP contribution in [0.5, 0.6) is 11.5 Å². The highest BCUT2D eigenvalue weighted by Gasteiger charge is 2.17. The maximum atomic E-state index is 12.1. The zero-order chi connectivity index (χ0) is 15.8. The minimum Gasteiger partial charge on any atom is -0.490 e. The molecule has 0 aromatic heterocycles. The van der Waals surface area contributed by atoms with Crippen LogP contribution in [0.25, 0.3) is 0 Å². The zero-order valence-electron chi connectivity index (χ0n) is 12.6. The maximum Gasteiger partial charge on any atom is 0.323 e. The molecular weight excluding hydrogens is 274 g/mol. The first-order valence-corrected chi connectivity index (χ1v) is 6.86. The van der Waals surface area contributed by atoms with Crippen molar-refractivity contribution in [2.45, 2.75) is 20.3 Å². The van der Waals surface area contributed by atoms with E-state index in [1.807, 2.05) is 13.8 Å². The Hall–Kier alpha value is -2.24. The van der Waals surface area contributed by atoms with E-state index in [0.29, 0.717) is 30.3 Å². The van der Waals surface area contributed by atoms with E-state index in [0.717, 1.165) is 11.3 Å². The standard InChI is InChI=1S/C15H21NO5/c1-4-8-21-12-7-6-11(9-13(12)20-5-2)15(19)16(3)10-14(17)18/h6-7,9H,4-5,8,10H2,1-3H3,(H,17,18). The van der Waals surface area contributed by atoms with Gasteiger partial charge in [0, 0.05) is 12.6 Å². The molecule has 0 heterocycles. The number of aliphatic carboxylic acids is 1. The first-order valence-electron chi connectivity index (χ1n) is 6.86. The van der Waals surface area contributed by atoms with Crippen LogP contribution in [-0.2, 0) is 4.79 Å². The Morgan fingerprint density at radius 1 is 1.19 bits per heavy atom. The molecule has 1 amide bonds. The van der Waals surface area contributed by atoms with Gasteiger partial charge in [0.1, 0.15) is 6.54 Å². The van der Waals surface area contributed by atoms with Gasteiger partial charge in [0.05, 0.1) is 13.2 Å². The van der Waals surface area contributed by atoms with E-state index >= 15 is 0 Å². The van der Waals surface area contributed by atoms with Crippen LogP contribution in [0.1, 0.15) is 30.6 Å². The second-order valence-electron chi connectivity index (χ2n) is 4.50. The summed E-state index contributed by atoms with van der Waals surface area (Å²) in [7, 11) is 1.44. The van der Waals surface area contributed by atoms with Gasteiger partial charge in [0.25, 0.3) is 5.91 Å². The second-order valence-corrected chi connectivity index (χ2v) is 4.50. The van der Waals surface area contributed by atoms with Gasteiger partial charge in [0.15, 0.2) is 11.5 Å². The van der Waals surface area contributed by atoms with Crippen molar-refractivity contribution >= 4 is 11.9 Å². The highest BCUT2D eigenvalue weighted by molar-refractivity contribution is 5.96. The molecule has 0 aliphatic carbocycles. The fourth-order valence-corrected chi connectivity index (χ4v) is 1.74. The molecule has 1 N–H and O–H groups in total. The van der Waals surface area contributed by atoms with Gasteiger partial charge >= 0.3 is 5.97 Å². The summed E-state index contributed by atoms with van der Waals surface area (Å²) < 4.78 is 11.0. The molecule has 0 saturated heterocycles. The number of nitrogens with zero attached hydrogens (tertiary/aromatic N) is 1. The Kier molecular flexibility index (Phi) is 6.52. The van der Waals surface area contributed by atoms with Gasteiger partial charge in [-0.25, -0.2) is 0 Å². The summed E-state index contributed by atoms with van der Waals surface area (Å²) in [6.07, 6.45) is 0.869. The summed E-state index contributed by atoms with van der Waals surface area (Å²) >= 11 is 0. The van der Waals surface area contributed by atoms with Crippen molar-refractivity contribution in [3.63, 3.8) is 0 Å². The first-order chi connectivity index (χ1) is 9.99. The van der Waals surface area contributed by atoms with Crippen LogP contribution in [0, 0.1) is 0 Å². The highest BCUT2D eigenvalue weighted by atomic mass is 16.5. The monoisotopic (exact) mass is 295 g/mol. The fourth-order valence-electron chi connectivity index (χ4n) is 1.74. The normalized spacial score (nSPS) is 10.0. The lowest BCUT2D eigenvalue weighted by molar-refractivity contribution is -0.137. The molecule has 0 saturated carbocycles. The Balaban J connectivity index is 2.95. The summed E-state index contributed by atoms with van der Waals surface area (Å²) in [4.78, 5) is 23.9. The molecule has 0 aliphatic rings. The molecule has 1 rings (SSSR count). The Labute approximate surface area is 124 Å². The number of rotatable bonds is 8. The predicted molar refractivity (Wildman–Crippen MR) is 78.0 cm³/mol. The van der Waals surface area contributed by atoms with Crippen molar-refractivity contribution in [3.05, 3.63) is 23.8 Å². The molecular formula is C15H21NO5. The van der Waals surface area contributed by atoms with Gasteiger partial charge in [-0.15, -0.1) is 0 Å². The third kappa shape index (κ3) is 4.98. The lowest BCUT2D eigenvalue weighted by Crippen LogP contribution is -2.31. The number of carbonyl (C=O) groups is 2. The lowest BCUT2D eigenvalue weighted by Gasteiger charge is -2.17. The van der Waals surface area contributed by atoms with Gasteiger partial charge in [0.2, 0.25) is 0 Å². The molecule has 116 valence electrons. The molecule has 1 aromatic rings. The van der Waals surface area contributed by atoms with E-state index in [2.05, 4.69) is 0 Å². The molecule has 0 spiro atoms. The second kappa shape index (κ2) is 8.14. The largest absolute Gasteiger partial charge is 0.490 e. The van der Waals surface area contributed by atoms with Crippen molar-refractivity contribution in [2.75, 3.05) is 26.8 Å². The van der Waals surface area contributed by atoms with Crippen LogP contribution < -0.4 is 9.47 Å². The number of benzene rings is 1. The molecule has 0 aliphatic heterocycles. The van der Waals surface area contributed by atoms with E-state index in [1.165, 1.54) is 7.05 Å². The highest BCUT2D eigenvalue weighted by Crippen LogP contribution is 2.29. The van der Waals surface area contributed by atoms with Crippen LogP contribution in [-0.4, -0.2) is 48.7 Å². The fraction of sp³-hybridized carbons (Fsp3) is 0.467. The topological polar surface area (TPSA) is 76.1 Å². The SMILES string of the molecule is CCCOc1ccc(C(=O)N(C)CC(=O)O)cc1OCC. The van der Waals surface area contributed by atoms with E-state index in [-0.39, 0.29) is 12.5 Å². The van der Waals surface area contributed by atoms with Gasteiger partial charge in [-0.3, -0.25) is 9.59 Å². The van der Waals surface area contributed by atoms with Crippen LogP contribution in [0.15, 0.2) is 18.2 Å². The minimum absolute atomic E-state index is 0.350. The zero-order valence-corrected chi connectivity index (χ0v) is 12.6. The van der Waals surface area contributed by atoms with Crippen LogP contribution in [0.2, 0.25) is 0 Å². The average Bonchev–Trinajstić information content (AvgIpc) is 2.44. The van der Waals surface area contributed by atoms with Gasteiger partial charge in [-0.2, -0.15) is 0 Å². The Morgan fingerprint density at radius 2 is 1.90 bits per heavy atom. The maximum absolute atomic E-state index is 12.1. The number of likely N-dealkylation sites (N-methyl/N-ethyl adjacent to an activating group) is 1. The van der Waals surface area contributed by atoms with Crippen molar-refractivity contribution in [2.24, 2.45) is 0 Å². The summed E-state index contributed by atoms with van der Waals surface area (Å²) in [5, 5.41) is 8.72. The number of amides is 1. The number of ether oxygens (including phenoxy) is 2. The molecule has 0 atom stereocenters. The van der Waals surface area contributed by atoms with Crippen LogP contribution in [0.3, 0.4) is 0 Å².